The quantitative estimate of drug-likeness (QED) is 0.444. The van der Waals surface area contributed by atoms with Crippen LogP contribution in [0.4, 0.5) is 0 Å². The van der Waals surface area contributed by atoms with Crippen molar-refractivity contribution in [3.63, 3.8) is 0 Å². The number of H-pyrrole nitrogens is 1. The Labute approximate surface area is 192 Å². The molecule has 1 aliphatic rings. The Morgan fingerprint density at radius 1 is 1.09 bits per heavy atom. The lowest BCUT2D eigenvalue weighted by Gasteiger charge is -2.10. The van der Waals surface area contributed by atoms with Gasteiger partial charge in [0.15, 0.2) is 5.76 Å². The highest BCUT2D eigenvalue weighted by Crippen LogP contribution is 2.34. The number of benzene rings is 1. The third kappa shape index (κ3) is 4.36. The maximum atomic E-state index is 12.4. The van der Waals surface area contributed by atoms with E-state index in [9.17, 15) is 4.79 Å². The zero-order chi connectivity index (χ0) is 22.8. The Balaban J connectivity index is 1.46. The first kappa shape index (κ1) is 21.3. The Kier molecular flexibility index (Phi) is 5.88. The molecule has 1 saturated carbocycles. The Hall–Kier alpha value is -3.58. The van der Waals surface area contributed by atoms with Gasteiger partial charge in [0, 0.05) is 35.5 Å². The van der Waals surface area contributed by atoms with E-state index in [-0.39, 0.29) is 5.56 Å². The lowest BCUT2D eigenvalue weighted by Crippen LogP contribution is -2.14. The molecule has 3 aromatic heterocycles. The van der Waals surface area contributed by atoms with E-state index in [1.54, 1.807) is 12.4 Å². The second kappa shape index (κ2) is 9.11. The summed E-state index contributed by atoms with van der Waals surface area (Å²) >= 11 is 0. The molecule has 0 unspecified atom stereocenters. The number of nitrogens with one attached hydrogen (secondary N) is 2. The number of hydrogen-bond donors (Lipinski definition) is 2. The van der Waals surface area contributed by atoms with Gasteiger partial charge in [0.1, 0.15) is 11.4 Å². The molecule has 2 N–H and O–H groups in total. The Bertz CT molecular complexity index is 1320. The number of aromatic nitrogens is 4. The van der Waals surface area contributed by atoms with Crippen molar-refractivity contribution in [2.24, 2.45) is 0 Å². The average Bonchev–Trinajstić information content (AvgIpc) is 3.53. The molecule has 0 atom stereocenters. The molecule has 0 radical (unpaired) electrons. The van der Waals surface area contributed by atoms with Crippen molar-refractivity contribution in [1.82, 2.24) is 25.4 Å². The molecule has 33 heavy (non-hydrogen) atoms. The molecular weight excluding hydrogens is 414 g/mol. The van der Waals surface area contributed by atoms with Gasteiger partial charge in [-0.1, -0.05) is 42.3 Å². The fourth-order valence-corrected chi connectivity index (χ4v) is 4.53. The van der Waals surface area contributed by atoms with Crippen LogP contribution in [0.25, 0.3) is 34.0 Å². The van der Waals surface area contributed by atoms with Gasteiger partial charge in [0.2, 0.25) is 0 Å². The van der Waals surface area contributed by atoms with Gasteiger partial charge < -0.3 is 14.8 Å². The van der Waals surface area contributed by atoms with Gasteiger partial charge in [-0.25, -0.2) is 4.98 Å². The van der Waals surface area contributed by atoms with Crippen molar-refractivity contribution < 1.29 is 4.52 Å². The molecule has 0 spiro atoms. The molecule has 0 saturated heterocycles. The molecule has 1 aromatic carbocycles. The van der Waals surface area contributed by atoms with Gasteiger partial charge in [0.05, 0.1) is 17.6 Å². The zero-order valence-electron chi connectivity index (χ0n) is 18.9. The molecule has 1 aliphatic carbocycles. The number of rotatable bonds is 6. The number of aromatic amines is 1. The molecule has 3 heterocycles. The van der Waals surface area contributed by atoms with Crippen LogP contribution in [-0.2, 0) is 6.54 Å². The minimum absolute atomic E-state index is 0.00782. The largest absolute Gasteiger partial charge is 0.354 e. The number of pyridine rings is 1. The standard InChI is InChI=1S/C26H27N5O2/c1-16-25(24-12-22(31-33-24)19-9-7-17(8-10-19)13-27-2)30-23(15-28-16)20-11-21(26(32)29-14-20)18-5-3-4-6-18/h7-12,14-15,18,27H,3-6,13H2,1-2H3,(H,29,32). The molecule has 1 fully saturated rings. The van der Waals surface area contributed by atoms with E-state index in [0.29, 0.717) is 23.1 Å². The van der Waals surface area contributed by atoms with Crippen molar-refractivity contribution in [3.8, 4) is 34.0 Å². The summed E-state index contributed by atoms with van der Waals surface area (Å²) in [6, 6.07) is 12.1. The normalized spacial score (nSPS) is 14.1. The van der Waals surface area contributed by atoms with Crippen LogP contribution >= 0.6 is 0 Å². The molecule has 7 heteroatoms. The molecular formula is C26H27N5O2. The highest BCUT2D eigenvalue weighted by Gasteiger charge is 2.21. The first-order chi connectivity index (χ1) is 16.1. The average molecular weight is 442 g/mol. The van der Waals surface area contributed by atoms with Gasteiger partial charge in [-0.2, -0.15) is 0 Å². The summed E-state index contributed by atoms with van der Waals surface area (Å²) in [4.78, 5) is 24.7. The maximum absolute atomic E-state index is 12.4. The SMILES string of the molecule is CNCc1ccc(-c2cc(-c3nc(-c4c[nH]c(=O)c(C5CCCC5)c4)cnc3C)on2)cc1. The van der Waals surface area contributed by atoms with Crippen LogP contribution in [0, 0.1) is 6.92 Å². The third-order valence-electron chi connectivity index (χ3n) is 6.35. The number of nitrogens with zero attached hydrogens (tertiary/aromatic N) is 3. The Morgan fingerprint density at radius 3 is 2.64 bits per heavy atom. The van der Waals surface area contributed by atoms with Crippen molar-refractivity contribution >= 4 is 0 Å². The van der Waals surface area contributed by atoms with Crippen molar-refractivity contribution in [2.75, 3.05) is 7.05 Å². The molecule has 7 nitrogen and oxygen atoms in total. The molecule has 5 rings (SSSR count). The van der Waals surface area contributed by atoms with Crippen LogP contribution < -0.4 is 10.9 Å². The smallest absolute Gasteiger partial charge is 0.251 e. The second-order valence-electron chi connectivity index (χ2n) is 8.65. The van der Waals surface area contributed by atoms with Crippen LogP contribution in [0.2, 0.25) is 0 Å². The van der Waals surface area contributed by atoms with Crippen LogP contribution in [0.15, 0.2) is 58.1 Å². The summed E-state index contributed by atoms with van der Waals surface area (Å²) in [7, 11) is 1.93. The first-order valence-corrected chi connectivity index (χ1v) is 11.4. The van der Waals surface area contributed by atoms with Crippen LogP contribution in [0.5, 0.6) is 0 Å². The topological polar surface area (TPSA) is 96.7 Å². The molecule has 0 bridgehead atoms. The van der Waals surface area contributed by atoms with Crippen LogP contribution in [-0.4, -0.2) is 27.2 Å². The highest BCUT2D eigenvalue weighted by molar-refractivity contribution is 5.68. The minimum Gasteiger partial charge on any atom is -0.354 e. The monoisotopic (exact) mass is 441 g/mol. The number of hydrogen-bond acceptors (Lipinski definition) is 6. The Morgan fingerprint density at radius 2 is 1.88 bits per heavy atom. The molecule has 0 aliphatic heterocycles. The number of aryl methyl sites for hydroxylation is 1. The fourth-order valence-electron chi connectivity index (χ4n) is 4.53. The first-order valence-electron chi connectivity index (χ1n) is 11.4. The summed E-state index contributed by atoms with van der Waals surface area (Å²) < 4.78 is 5.66. The molecule has 168 valence electrons. The van der Waals surface area contributed by atoms with Gasteiger partial charge in [-0.3, -0.25) is 9.78 Å². The van der Waals surface area contributed by atoms with Gasteiger partial charge in [-0.05, 0) is 44.4 Å². The predicted octanol–water partition coefficient (Wildman–Crippen LogP) is 4.84. The second-order valence-corrected chi connectivity index (χ2v) is 8.65. The maximum Gasteiger partial charge on any atom is 0.251 e. The minimum atomic E-state index is -0.00782. The van der Waals surface area contributed by atoms with Crippen molar-refractivity contribution in [2.45, 2.75) is 45.1 Å². The summed E-state index contributed by atoms with van der Waals surface area (Å²) in [6.07, 6.45) is 7.93. The summed E-state index contributed by atoms with van der Waals surface area (Å²) in [6.45, 7) is 2.72. The summed E-state index contributed by atoms with van der Waals surface area (Å²) in [5.74, 6) is 0.888. The van der Waals surface area contributed by atoms with Gasteiger partial charge >= 0.3 is 0 Å². The predicted molar refractivity (Wildman–Crippen MR) is 128 cm³/mol. The van der Waals surface area contributed by atoms with E-state index < -0.39 is 0 Å². The fraction of sp³-hybridized carbons (Fsp3) is 0.308. The molecule has 0 amide bonds. The van der Waals surface area contributed by atoms with Gasteiger partial charge in [-0.15, -0.1) is 0 Å². The van der Waals surface area contributed by atoms with E-state index >= 15 is 0 Å². The zero-order valence-corrected chi connectivity index (χ0v) is 18.9. The molecule has 4 aromatic rings. The van der Waals surface area contributed by atoms with E-state index in [1.807, 2.05) is 38.2 Å². The van der Waals surface area contributed by atoms with E-state index in [4.69, 9.17) is 9.51 Å². The van der Waals surface area contributed by atoms with E-state index in [0.717, 1.165) is 47.5 Å². The summed E-state index contributed by atoms with van der Waals surface area (Å²) in [5, 5.41) is 7.40. The van der Waals surface area contributed by atoms with E-state index in [2.05, 4.69) is 32.6 Å². The van der Waals surface area contributed by atoms with Gasteiger partial charge in [0.25, 0.3) is 5.56 Å². The highest BCUT2D eigenvalue weighted by atomic mass is 16.5. The van der Waals surface area contributed by atoms with E-state index in [1.165, 1.54) is 18.4 Å². The van der Waals surface area contributed by atoms with Crippen molar-refractivity contribution in [3.05, 3.63) is 76.0 Å². The summed E-state index contributed by atoms with van der Waals surface area (Å²) in [5.41, 5.74) is 6.72. The third-order valence-corrected chi connectivity index (χ3v) is 6.35. The van der Waals surface area contributed by atoms with Crippen molar-refractivity contribution in [1.29, 1.82) is 0 Å². The van der Waals surface area contributed by atoms with Crippen LogP contribution in [0.3, 0.4) is 0 Å². The van der Waals surface area contributed by atoms with Crippen LogP contribution in [0.1, 0.15) is 48.4 Å². The lowest BCUT2D eigenvalue weighted by atomic mass is 9.97. The lowest BCUT2D eigenvalue weighted by molar-refractivity contribution is 0.433.